The molecule has 0 saturated carbocycles. The van der Waals surface area contributed by atoms with E-state index >= 15 is 0 Å². The first-order valence-electron chi connectivity index (χ1n) is 6.84. The van der Waals surface area contributed by atoms with Crippen LogP contribution in [0.3, 0.4) is 0 Å². The monoisotopic (exact) mass is 366 g/mol. The van der Waals surface area contributed by atoms with Crippen molar-refractivity contribution in [3.05, 3.63) is 47.5 Å². The average Bonchev–Trinajstić information content (AvgIpc) is 2.54. The van der Waals surface area contributed by atoms with Crippen LogP contribution < -0.4 is 15.4 Å². The van der Waals surface area contributed by atoms with Gasteiger partial charge in [-0.15, -0.1) is 11.8 Å². The third kappa shape index (κ3) is 5.36. The maximum absolute atomic E-state index is 12.1. The Morgan fingerprint density at radius 2 is 1.88 bits per heavy atom. The molecule has 126 valence electrons. The molecule has 0 aliphatic carbocycles. The lowest BCUT2D eigenvalue weighted by molar-refractivity contribution is -0.133. The molecular formula is C16H15ClN2O4S. The molecule has 0 bridgehead atoms. The number of carboxylic acids is 1. The molecule has 0 aromatic heterocycles. The Morgan fingerprint density at radius 3 is 2.50 bits per heavy atom. The van der Waals surface area contributed by atoms with Crippen LogP contribution in [0, 0.1) is 0 Å². The first-order valence-corrected chi connectivity index (χ1v) is 8.20. The van der Waals surface area contributed by atoms with Crippen LogP contribution in [0.25, 0.3) is 0 Å². The van der Waals surface area contributed by atoms with Crippen LogP contribution in [-0.2, 0) is 4.79 Å². The molecule has 0 aliphatic heterocycles. The van der Waals surface area contributed by atoms with Gasteiger partial charge in [0.2, 0.25) is 0 Å². The third-order valence-corrected chi connectivity index (χ3v) is 4.12. The van der Waals surface area contributed by atoms with Crippen LogP contribution in [0.4, 0.5) is 16.2 Å². The van der Waals surface area contributed by atoms with Gasteiger partial charge < -0.3 is 20.5 Å². The molecular weight excluding hydrogens is 352 g/mol. The smallest absolute Gasteiger partial charge is 0.323 e. The summed E-state index contributed by atoms with van der Waals surface area (Å²) in [5.41, 5.74) is 1.03. The van der Waals surface area contributed by atoms with Crippen LogP contribution in [0.2, 0.25) is 5.02 Å². The SMILES string of the molecule is COc1ccc(Cl)cc1NC(=O)Nc1ccc(SCC(=O)O)cc1. The highest BCUT2D eigenvalue weighted by molar-refractivity contribution is 8.00. The van der Waals surface area contributed by atoms with Gasteiger partial charge >= 0.3 is 12.0 Å². The van der Waals surface area contributed by atoms with E-state index in [4.69, 9.17) is 21.4 Å². The molecule has 0 saturated heterocycles. The third-order valence-electron chi connectivity index (χ3n) is 2.88. The molecule has 0 aliphatic rings. The Hall–Kier alpha value is -2.38. The van der Waals surface area contributed by atoms with Crippen molar-refractivity contribution in [1.29, 1.82) is 0 Å². The van der Waals surface area contributed by atoms with Gasteiger partial charge in [-0.1, -0.05) is 11.6 Å². The molecule has 2 rings (SSSR count). The second kappa shape index (κ2) is 8.47. The number of carbonyl (C=O) groups is 2. The van der Waals surface area contributed by atoms with Crippen LogP contribution in [0.1, 0.15) is 0 Å². The van der Waals surface area contributed by atoms with E-state index in [1.54, 1.807) is 42.5 Å². The van der Waals surface area contributed by atoms with Crippen LogP contribution >= 0.6 is 23.4 Å². The van der Waals surface area contributed by atoms with Gasteiger partial charge in [0, 0.05) is 15.6 Å². The Bertz CT molecular complexity index is 737. The largest absolute Gasteiger partial charge is 0.495 e. The molecule has 2 aromatic carbocycles. The van der Waals surface area contributed by atoms with E-state index in [9.17, 15) is 9.59 Å². The van der Waals surface area contributed by atoms with E-state index in [1.165, 1.54) is 18.9 Å². The van der Waals surface area contributed by atoms with Gasteiger partial charge in [0.15, 0.2) is 0 Å². The number of halogens is 1. The van der Waals surface area contributed by atoms with Crippen molar-refractivity contribution in [2.45, 2.75) is 4.90 Å². The van der Waals surface area contributed by atoms with E-state index in [1.807, 2.05) is 0 Å². The lowest BCUT2D eigenvalue weighted by atomic mass is 10.3. The van der Waals surface area contributed by atoms with E-state index in [0.29, 0.717) is 22.1 Å². The van der Waals surface area contributed by atoms with E-state index < -0.39 is 12.0 Å². The van der Waals surface area contributed by atoms with Gasteiger partial charge in [0.1, 0.15) is 5.75 Å². The Labute approximate surface area is 148 Å². The molecule has 0 unspecified atom stereocenters. The quantitative estimate of drug-likeness (QED) is 0.668. The molecule has 0 radical (unpaired) electrons. The van der Waals surface area contributed by atoms with Gasteiger partial charge in [-0.3, -0.25) is 4.79 Å². The number of benzene rings is 2. The predicted octanol–water partition coefficient (Wildman–Crippen LogP) is 4.17. The fourth-order valence-corrected chi connectivity index (χ4v) is 2.63. The van der Waals surface area contributed by atoms with Gasteiger partial charge in [-0.25, -0.2) is 4.79 Å². The Kier molecular flexibility index (Phi) is 6.34. The van der Waals surface area contributed by atoms with Crippen molar-refractivity contribution in [2.75, 3.05) is 23.5 Å². The molecule has 0 heterocycles. The Balaban J connectivity index is 1.97. The molecule has 0 spiro atoms. The number of aliphatic carboxylic acids is 1. The van der Waals surface area contributed by atoms with Gasteiger partial charge in [-0.05, 0) is 42.5 Å². The molecule has 2 aromatic rings. The second-order valence-corrected chi connectivity index (χ2v) is 6.12. The number of nitrogens with one attached hydrogen (secondary N) is 2. The minimum atomic E-state index is -0.878. The maximum atomic E-state index is 12.1. The zero-order valence-corrected chi connectivity index (χ0v) is 14.3. The number of carboxylic acid groups (broad SMARTS) is 1. The van der Waals surface area contributed by atoms with Crippen molar-refractivity contribution in [3.63, 3.8) is 0 Å². The van der Waals surface area contributed by atoms with Crippen molar-refractivity contribution in [2.24, 2.45) is 0 Å². The molecule has 24 heavy (non-hydrogen) atoms. The zero-order valence-electron chi connectivity index (χ0n) is 12.7. The Morgan fingerprint density at radius 1 is 1.17 bits per heavy atom. The molecule has 6 nitrogen and oxygen atoms in total. The first kappa shape index (κ1) is 18.0. The number of hydrogen-bond donors (Lipinski definition) is 3. The van der Waals surface area contributed by atoms with E-state index in [2.05, 4.69) is 10.6 Å². The summed E-state index contributed by atoms with van der Waals surface area (Å²) in [5.74, 6) is -0.394. The maximum Gasteiger partial charge on any atom is 0.323 e. The predicted molar refractivity (Wildman–Crippen MR) is 95.4 cm³/mol. The molecule has 0 atom stereocenters. The molecule has 2 amide bonds. The van der Waals surface area contributed by atoms with E-state index in [-0.39, 0.29) is 5.75 Å². The summed E-state index contributed by atoms with van der Waals surface area (Å²) in [6, 6.07) is 11.3. The number of amides is 2. The number of carbonyl (C=O) groups excluding carboxylic acids is 1. The number of ether oxygens (including phenoxy) is 1. The molecule has 8 heteroatoms. The van der Waals surface area contributed by atoms with Gasteiger partial charge in [0.25, 0.3) is 0 Å². The van der Waals surface area contributed by atoms with Crippen molar-refractivity contribution < 1.29 is 19.4 Å². The summed E-state index contributed by atoms with van der Waals surface area (Å²) in [6.45, 7) is 0. The fraction of sp³-hybridized carbons (Fsp3) is 0.125. The number of rotatable bonds is 6. The summed E-state index contributed by atoms with van der Waals surface area (Å²) >= 11 is 7.12. The number of urea groups is 1. The standard InChI is InChI=1S/C16H15ClN2O4S/c1-23-14-7-2-10(17)8-13(14)19-16(22)18-11-3-5-12(6-4-11)24-9-15(20)21/h2-8H,9H2,1H3,(H,20,21)(H2,18,19,22). The van der Waals surface area contributed by atoms with Crippen LogP contribution in [-0.4, -0.2) is 30.0 Å². The fourth-order valence-electron chi connectivity index (χ4n) is 1.84. The van der Waals surface area contributed by atoms with Gasteiger partial charge in [-0.2, -0.15) is 0 Å². The average molecular weight is 367 g/mol. The number of hydrogen-bond acceptors (Lipinski definition) is 4. The highest BCUT2D eigenvalue weighted by Gasteiger charge is 2.09. The first-order chi connectivity index (χ1) is 11.5. The van der Waals surface area contributed by atoms with E-state index in [0.717, 1.165) is 4.90 Å². The summed E-state index contributed by atoms with van der Waals surface area (Å²) in [5, 5.41) is 14.5. The summed E-state index contributed by atoms with van der Waals surface area (Å²) in [4.78, 5) is 23.4. The van der Waals surface area contributed by atoms with Crippen molar-refractivity contribution >= 4 is 46.7 Å². The zero-order chi connectivity index (χ0) is 17.5. The lowest BCUT2D eigenvalue weighted by Gasteiger charge is -2.11. The minimum Gasteiger partial charge on any atom is -0.495 e. The second-order valence-electron chi connectivity index (χ2n) is 4.63. The van der Waals surface area contributed by atoms with Crippen LogP contribution in [0.5, 0.6) is 5.75 Å². The normalized spacial score (nSPS) is 10.1. The lowest BCUT2D eigenvalue weighted by Crippen LogP contribution is -2.19. The highest BCUT2D eigenvalue weighted by atomic mass is 35.5. The van der Waals surface area contributed by atoms with Crippen molar-refractivity contribution in [1.82, 2.24) is 0 Å². The summed E-state index contributed by atoms with van der Waals surface area (Å²) in [7, 11) is 1.50. The number of anilines is 2. The summed E-state index contributed by atoms with van der Waals surface area (Å²) in [6.07, 6.45) is 0. The molecule has 3 N–H and O–H groups in total. The van der Waals surface area contributed by atoms with Gasteiger partial charge in [0.05, 0.1) is 18.6 Å². The highest BCUT2D eigenvalue weighted by Crippen LogP contribution is 2.28. The number of methoxy groups -OCH3 is 1. The number of thioether (sulfide) groups is 1. The minimum absolute atomic E-state index is 0.0121. The van der Waals surface area contributed by atoms with Crippen LogP contribution in [0.15, 0.2) is 47.4 Å². The summed E-state index contributed by atoms with van der Waals surface area (Å²) < 4.78 is 5.16. The topological polar surface area (TPSA) is 87.7 Å². The molecule has 0 fully saturated rings. The van der Waals surface area contributed by atoms with Crippen molar-refractivity contribution in [3.8, 4) is 5.75 Å².